The molecular formula is C16H24N2O2. The third-order valence-corrected chi connectivity index (χ3v) is 4.92. The van der Waals surface area contributed by atoms with E-state index in [2.05, 4.69) is 29.0 Å². The Kier molecular flexibility index (Phi) is 3.82. The fraction of sp³-hybridized carbons (Fsp3) is 0.625. The van der Waals surface area contributed by atoms with Crippen LogP contribution in [0.4, 0.5) is 0 Å². The molecule has 0 radical (unpaired) electrons. The molecule has 2 heterocycles. The molecule has 0 aromatic heterocycles. The van der Waals surface area contributed by atoms with Crippen molar-refractivity contribution in [2.75, 3.05) is 33.3 Å². The maximum absolute atomic E-state index is 9.33. The van der Waals surface area contributed by atoms with Crippen molar-refractivity contribution in [3.8, 4) is 0 Å². The summed E-state index contributed by atoms with van der Waals surface area (Å²) in [5, 5.41) is 18.4. The highest BCUT2D eigenvalue weighted by Gasteiger charge is 2.51. The zero-order valence-electron chi connectivity index (χ0n) is 12.1. The Bertz CT molecular complexity index is 454. The first-order valence-electron chi connectivity index (χ1n) is 7.38. The van der Waals surface area contributed by atoms with Gasteiger partial charge in [0.05, 0.1) is 6.61 Å². The minimum Gasteiger partial charge on any atom is -0.396 e. The van der Waals surface area contributed by atoms with Gasteiger partial charge >= 0.3 is 0 Å². The van der Waals surface area contributed by atoms with Gasteiger partial charge in [-0.1, -0.05) is 24.3 Å². The molecule has 2 aliphatic rings. The second-order valence-corrected chi connectivity index (χ2v) is 6.48. The molecule has 0 bridgehead atoms. The number of aliphatic hydroxyl groups excluding tert-OH is 2. The molecular weight excluding hydrogens is 252 g/mol. The monoisotopic (exact) mass is 276 g/mol. The number of hydrogen-bond donors (Lipinski definition) is 2. The summed E-state index contributed by atoms with van der Waals surface area (Å²) in [6.45, 7) is 4.62. The largest absolute Gasteiger partial charge is 0.396 e. The van der Waals surface area contributed by atoms with Gasteiger partial charge < -0.3 is 10.2 Å². The maximum atomic E-state index is 9.33. The van der Waals surface area contributed by atoms with Crippen molar-refractivity contribution in [2.45, 2.75) is 25.1 Å². The Morgan fingerprint density at radius 1 is 1.15 bits per heavy atom. The minimum atomic E-state index is 0.112. The van der Waals surface area contributed by atoms with Gasteiger partial charge in [0.15, 0.2) is 0 Å². The predicted molar refractivity (Wildman–Crippen MR) is 78.2 cm³/mol. The van der Waals surface area contributed by atoms with E-state index < -0.39 is 0 Å². The molecule has 20 heavy (non-hydrogen) atoms. The number of benzene rings is 1. The van der Waals surface area contributed by atoms with Crippen LogP contribution in [0.2, 0.25) is 0 Å². The lowest BCUT2D eigenvalue weighted by Gasteiger charge is -2.52. The van der Waals surface area contributed by atoms with E-state index in [4.69, 9.17) is 5.11 Å². The van der Waals surface area contributed by atoms with Crippen molar-refractivity contribution >= 4 is 0 Å². The highest BCUT2D eigenvalue weighted by atomic mass is 16.3. The predicted octanol–water partition coefficient (Wildman–Crippen LogP) is 0.677. The van der Waals surface area contributed by atoms with Gasteiger partial charge in [-0.2, -0.15) is 0 Å². The third-order valence-electron chi connectivity index (χ3n) is 4.92. The van der Waals surface area contributed by atoms with Crippen LogP contribution < -0.4 is 0 Å². The fourth-order valence-electron chi connectivity index (χ4n) is 3.74. The highest BCUT2D eigenvalue weighted by Crippen LogP contribution is 2.39. The Morgan fingerprint density at radius 3 is 2.35 bits per heavy atom. The second-order valence-electron chi connectivity index (χ2n) is 6.48. The lowest BCUT2D eigenvalue weighted by atomic mass is 9.84. The summed E-state index contributed by atoms with van der Waals surface area (Å²) in [6, 6.07) is 8.19. The van der Waals surface area contributed by atoms with Crippen LogP contribution in [0.1, 0.15) is 17.5 Å². The number of aliphatic hydroxyl groups is 2. The van der Waals surface area contributed by atoms with Gasteiger partial charge in [0.25, 0.3) is 0 Å². The zero-order valence-corrected chi connectivity index (χ0v) is 12.1. The molecule has 2 saturated heterocycles. The molecule has 2 fully saturated rings. The van der Waals surface area contributed by atoms with Crippen LogP contribution in [0.25, 0.3) is 0 Å². The van der Waals surface area contributed by atoms with E-state index in [-0.39, 0.29) is 6.61 Å². The Hall–Kier alpha value is -0.940. The SMILES string of the molecule is CN1CC(CO)CC12CN(Cc1ccc(CO)cc1)C2. The van der Waals surface area contributed by atoms with E-state index in [9.17, 15) is 5.11 Å². The van der Waals surface area contributed by atoms with Gasteiger partial charge in [-0.3, -0.25) is 9.80 Å². The summed E-state index contributed by atoms with van der Waals surface area (Å²) in [7, 11) is 2.18. The molecule has 0 amide bonds. The van der Waals surface area contributed by atoms with Crippen LogP contribution in [0, 0.1) is 5.92 Å². The summed E-state index contributed by atoms with van der Waals surface area (Å²) in [6.07, 6.45) is 1.12. The minimum absolute atomic E-state index is 0.112. The lowest BCUT2D eigenvalue weighted by Crippen LogP contribution is -2.66. The van der Waals surface area contributed by atoms with E-state index in [1.54, 1.807) is 0 Å². The average Bonchev–Trinajstić information content (AvgIpc) is 2.76. The molecule has 1 aromatic rings. The van der Waals surface area contributed by atoms with Crippen LogP contribution >= 0.6 is 0 Å². The lowest BCUT2D eigenvalue weighted by molar-refractivity contribution is -0.0223. The number of rotatable bonds is 4. The summed E-state index contributed by atoms with van der Waals surface area (Å²) in [5.74, 6) is 0.450. The van der Waals surface area contributed by atoms with Crippen molar-refractivity contribution < 1.29 is 10.2 Å². The molecule has 1 unspecified atom stereocenters. The molecule has 1 atom stereocenters. The summed E-state index contributed by atoms with van der Waals surface area (Å²) in [5.41, 5.74) is 2.57. The zero-order chi connectivity index (χ0) is 14.2. The van der Waals surface area contributed by atoms with E-state index in [0.717, 1.165) is 38.2 Å². The molecule has 1 spiro atoms. The first kappa shape index (κ1) is 14.0. The van der Waals surface area contributed by atoms with E-state index in [1.807, 2.05) is 12.1 Å². The molecule has 1 aromatic carbocycles. The van der Waals surface area contributed by atoms with Gasteiger partial charge in [0, 0.05) is 38.3 Å². The number of likely N-dealkylation sites (tertiary alicyclic amines) is 2. The van der Waals surface area contributed by atoms with Crippen molar-refractivity contribution in [2.24, 2.45) is 5.92 Å². The van der Waals surface area contributed by atoms with Crippen molar-refractivity contribution in [3.63, 3.8) is 0 Å². The molecule has 3 rings (SSSR count). The van der Waals surface area contributed by atoms with Gasteiger partial charge in [-0.25, -0.2) is 0 Å². The normalized spacial score (nSPS) is 26.1. The average molecular weight is 276 g/mol. The molecule has 2 aliphatic heterocycles. The Balaban J connectivity index is 1.55. The number of nitrogens with zero attached hydrogens (tertiary/aromatic N) is 2. The van der Waals surface area contributed by atoms with Crippen molar-refractivity contribution in [3.05, 3.63) is 35.4 Å². The summed E-state index contributed by atoms with van der Waals surface area (Å²) >= 11 is 0. The first-order valence-corrected chi connectivity index (χ1v) is 7.38. The highest BCUT2D eigenvalue weighted by molar-refractivity contribution is 5.22. The van der Waals surface area contributed by atoms with Crippen LogP contribution in [0.15, 0.2) is 24.3 Å². The quantitative estimate of drug-likeness (QED) is 0.849. The Labute approximate surface area is 120 Å². The summed E-state index contributed by atoms with van der Waals surface area (Å²) < 4.78 is 0. The maximum Gasteiger partial charge on any atom is 0.0681 e. The van der Waals surface area contributed by atoms with E-state index in [1.165, 1.54) is 5.56 Å². The van der Waals surface area contributed by atoms with Crippen molar-refractivity contribution in [1.82, 2.24) is 9.80 Å². The van der Waals surface area contributed by atoms with Crippen LogP contribution in [-0.2, 0) is 13.2 Å². The molecule has 4 nitrogen and oxygen atoms in total. The van der Waals surface area contributed by atoms with E-state index in [0.29, 0.717) is 18.1 Å². The van der Waals surface area contributed by atoms with Crippen LogP contribution in [-0.4, -0.2) is 58.8 Å². The molecule has 4 heteroatoms. The van der Waals surface area contributed by atoms with Gasteiger partial charge in [0.2, 0.25) is 0 Å². The van der Waals surface area contributed by atoms with Gasteiger partial charge in [-0.15, -0.1) is 0 Å². The first-order chi connectivity index (χ1) is 9.65. The second kappa shape index (κ2) is 5.45. The standard InChI is InChI=1S/C16H24N2O2/c1-17-7-15(10-20)6-16(17)11-18(12-16)8-13-2-4-14(9-19)5-3-13/h2-5,15,19-20H,6-12H2,1H3. The molecule has 2 N–H and O–H groups in total. The Morgan fingerprint density at radius 2 is 1.80 bits per heavy atom. The molecule has 0 aliphatic carbocycles. The van der Waals surface area contributed by atoms with Gasteiger partial charge in [-0.05, 0) is 30.5 Å². The van der Waals surface area contributed by atoms with Crippen LogP contribution in [0.3, 0.4) is 0 Å². The van der Waals surface area contributed by atoms with E-state index >= 15 is 0 Å². The number of likely N-dealkylation sites (N-methyl/N-ethyl adjacent to an activating group) is 1. The van der Waals surface area contributed by atoms with Gasteiger partial charge in [0.1, 0.15) is 0 Å². The summed E-state index contributed by atoms with van der Waals surface area (Å²) in [4.78, 5) is 4.89. The van der Waals surface area contributed by atoms with Crippen LogP contribution in [0.5, 0.6) is 0 Å². The topological polar surface area (TPSA) is 46.9 Å². The molecule has 110 valence electrons. The molecule has 0 saturated carbocycles. The fourth-order valence-corrected chi connectivity index (χ4v) is 3.74. The smallest absolute Gasteiger partial charge is 0.0681 e. The third kappa shape index (κ3) is 2.49. The number of hydrogen-bond acceptors (Lipinski definition) is 4. The van der Waals surface area contributed by atoms with Crippen molar-refractivity contribution in [1.29, 1.82) is 0 Å².